The van der Waals surface area contributed by atoms with Crippen LogP contribution in [0.5, 0.6) is 0 Å². The van der Waals surface area contributed by atoms with E-state index in [0.717, 1.165) is 12.8 Å². The third-order valence-electron chi connectivity index (χ3n) is 4.76. The van der Waals surface area contributed by atoms with E-state index in [4.69, 9.17) is 0 Å². The number of hydrogen-bond acceptors (Lipinski definition) is 5. The van der Waals surface area contributed by atoms with Crippen molar-refractivity contribution in [3.63, 3.8) is 0 Å². The number of nitrogens with one attached hydrogen (secondary N) is 1. The Morgan fingerprint density at radius 3 is 1.48 bits per heavy atom. The Morgan fingerprint density at radius 2 is 1.10 bits per heavy atom. The van der Waals surface area contributed by atoms with Crippen LogP contribution in [0.15, 0.2) is 0 Å². The zero-order valence-corrected chi connectivity index (χ0v) is 25.2. The van der Waals surface area contributed by atoms with Gasteiger partial charge in [0.2, 0.25) is 5.91 Å². The van der Waals surface area contributed by atoms with Crippen molar-refractivity contribution in [3.8, 4) is 0 Å². The molecule has 29 heavy (non-hydrogen) atoms. The van der Waals surface area contributed by atoms with Crippen LogP contribution in [-0.4, -0.2) is 23.9 Å². The molecular formula is C21H37K2NO5. The fraction of sp³-hybridized carbons (Fsp3) is 0.857. The Labute approximate surface area is 262 Å². The summed E-state index contributed by atoms with van der Waals surface area (Å²) in [4.78, 5) is 33.0. The first kappa shape index (κ1) is 35.3. The molecule has 0 unspecified atom stereocenters. The predicted octanol–water partition coefficient (Wildman–Crippen LogP) is -3.76. The number of aliphatic carboxylic acids is 2. The summed E-state index contributed by atoms with van der Waals surface area (Å²) in [7, 11) is 0. The van der Waals surface area contributed by atoms with Crippen molar-refractivity contribution in [1.82, 2.24) is 5.32 Å². The van der Waals surface area contributed by atoms with Crippen molar-refractivity contribution in [2.45, 2.75) is 116 Å². The summed E-state index contributed by atoms with van der Waals surface area (Å²) in [5, 5.41) is 23.6. The van der Waals surface area contributed by atoms with Crippen LogP contribution in [-0.2, 0) is 14.4 Å². The first-order chi connectivity index (χ1) is 13.0. The largest absolute Gasteiger partial charge is 1.00 e. The molecule has 1 N–H and O–H groups in total. The van der Waals surface area contributed by atoms with Crippen LogP contribution in [0.1, 0.15) is 110 Å². The summed E-state index contributed by atoms with van der Waals surface area (Å²) in [6.07, 6.45) is 15.4. The van der Waals surface area contributed by atoms with Crippen LogP contribution < -0.4 is 118 Å². The number of carbonyl (C=O) groups is 3. The maximum Gasteiger partial charge on any atom is 1.00 e. The van der Waals surface area contributed by atoms with Gasteiger partial charge in [-0.15, -0.1) is 0 Å². The topological polar surface area (TPSA) is 109 Å². The van der Waals surface area contributed by atoms with Gasteiger partial charge in [-0.2, -0.15) is 0 Å². The molecule has 0 aliphatic rings. The van der Waals surface area contributed by atoms with E-state index < -0.39 is 24.4 Å². The number of carboxylic acid groups (broad SMARTS) is 2. The molecule has 0 bridgehead atoms. The molecule has 0 aromatic heterocycles. The van der Waals surface area contributed by atoms with E-state index in [0.29, 0.717) is 6.42 Å². The van der Waals surface area contributed by atoms with Gasteiger partial charge in [-0.25, -0.2) is 0 Å². The Bertz CT molecular complexity index is 422. The minimum atomic E-state index is -1.46. The molecule has 0 heterocycles. The Kier molecular flexibility index (Phi) is 31.6. The van der Waals surface area contributed by atoms with Gasteiger partial charge in [-0.3, -0.25) is 4.79 Å². The average Bonchev–Trinajstić information content (AvgIpc) is 2.62. The molecule has 0 saturated carbocycles. The standard InChI is InChI=1S/C21H39NO5.2K/c1-2-3-4-5-6-7-8-9-10-11-12-13-14-15-19(23)22-18(21(26)27)16-17-20(24)25;;/h18H,2-17H2,1H3,(H,22,23)(H,24,25)(H,26,27);;/q;2*+1/p-2/t18-;;/m1../s1. The second-order valence-electron chi connectivity index (χ2n) is 7.34. The van der Waals surface area contributed by atoms with Crippen LogP contribution in [0.2, 0.25) is 0 Å². The molecule has 0 fully saturated rings. The Hall–Kier alpha value is 1.68. The number of rotatable bonds is 19. The smallest absolute Gasteiger partial charge is 0.550 e. The molecule has 0 saturated heterocycles. The third-order valence-corrected chi connectivity index (χ3v) is 4.76. The second kappa shape index (κ2) is 25.9. The van der Waals surface area contributed by atoms with Crippen molar-refractivity contribution in [1.29, 1.82) is 0 Å². The number of amides is 1. The summed E-state index contributed by atoms with van der Waals surface area (Å²) >= 11 is 0. The minimum Gasteiger partial charge on any atom is -0.550 e. The van der Waals surface area contributed by atoms with E-state index in [1.54, 1.807) is 0 Å². The fourth-order valence-electron chi connectivity index (χ4n) is 3.08. The Balaban J connectivity index is -0.00000338. The molecule has 0 rings (SSSR count). The summed E-state index contributed by atoms with van der Waals surface area (Å²) in [5.41, 5.74) is 0. The number of carbonyl (C=O) groups excluding carboxylic acids is 3. The van der Waals surface area contributed by atoms with Crippen molar-refractivity contribution < 1.29 is 127 Å². The summed E-state index contributed by atoms with van der Waals surface area (Å²) in [6, 6.07) is -1.27. The average molecular weight is 462 g/mol. The number of hydrogen-bond donors (Lipinski definition) is 1. The monoisotopic (exact) mass is 461 g/mol. The van der Waals surface area contributed by atoms with Gasteiger partial charge in [0, 0.05) is 12.4 Å². The van der Waals surface area contributed by atoms with E-state index in [-0.39, 0.29) is 122 Å². The van der Waals surface area contributed by atoms with Crippen LogP contribution in [0, 0.1) is 0 Å². The quantitative estimate of drug-likeness (QED) is 0.157. The first-order valence-electron chi connectivity index (χ1n) is 10.7. The number of carboxylic acids is 2. The van der Waals surface area contributed by atoms with E-state index in [9.17, 15) is 24.6 Å². The zero-order valence-electron chi connectivity index (χ0n) is 18.9. The molecule has 6 nitrogen and oxygen atoms in total. The maximum atomic E-state index is 11.7. The molecule has 0 radical (unpaired) electrons. The van der Waals surface area contributed by atoms with Crippen molar-refractivity contribution in [3.05, 3.63) is 0 Å². The fourth-order valence-corrected chi connectivity index (χ4v) is 3.08. The van der Waals surface area contributed by atoms with Gasteiger partial charge < -0.3 is 25.1 Å². The molecule has 0 aromatic rings. The maximum absolute atomic E-state index is 11.7. The molecule has 0 aliphatic heterocycles. The zero-order chi connectivity index (χ0) is 20.3. The van der Waals surface area contributed by atoms with Gasteiger partial charge >= 0.3 is 103 Å². The van der Waals surface area contributed by atoms with Crippen molar-refractivity contribution in [2.75, 3.05) is 0 Å². The van der Waals surface area contributed by atoms with E-state index in [1.165, 1.54) is 64.2 Å². The van der Waals surface area contributed by atoms with Crippen molar-refractivity contribution >= 4 is 17.8 Å². The molecule has 1 atom stereocenters. The van der Waals surface area contributed by atoms with Gasteiger partial charge in [-0.05, 0) is 19.3 Å². The van der Waals surface area contributed by atoms with Gasteiger partial charge in [0.15, 0.2) is 0 Å². The van der Waals surface area contributed by atoms with Gasteiger partial charge in [0.25, 0.3) is 0 Å². The van der Waals surface area contributed by atoms with Gasteiger partial charge in [-0.1, -0.05) is 84.0 Å². The summed E-state index contributed by atoms with van der Waals surface area (Å²) in [6.45, 7) is 2.23. The van der Waals surface area contributed by atoms with E-state index in [2.05, 4.69) is 12.2 Å². The van der Waals surface area contributed by atoms with Crippen LogP contribution in [0.4, 0.5) is 0 Å². The first-order valence-corrected chi connectivity index (χ1v) is 10.7. The normalized spacial score (nSPS) is 11.1. The minimum absolute atomic E-state index is 0. The molecule has 1 amide bonds. The Morgan fingerprint density at radius 1 is 0.690 bits per heavy atom. The van der Waals surface area contributed by atoms with Crippen molar-refractivity contribution in [2.24, 2.45) is 0 Å². The van der Waals surface area contributed by atoms with E-state index in [1.807, 2.05) is 0 Å². The molecule has 0 spiro atoms. The second-order valence-corrected chi connectivity index (χ2v) is 7.34. The third kappa shape index (κ3) is 25.8. The molecule has 0 aliphatic carbocycles. The molecule has 158 valence electrons. The van der Waals surface area contributed by atoms with Crippen LogP contribution in [0.3, 0.4) is 0 Å². The summed E-state index contributed by atoms with van der Waals surface area (Å²) < 4.78 is 0. The molecule has 8 heteroatoms. The van der Waals surface area contributed by atoms with Crippen LogP contribution >= 0.6 is 0 Å². The molecule has 0 aromatic carbocycles. The predicted molar refractivity (Wildman–Crippen MR) is 101 cm³/mol. The van der Waals surface area contributed by atoms with Crippen LogP contribution in [0.25, 0.3) is 0 Å². The number of unbranched alkanes of at least 4 members (excludes halogenated alkanes) is 12. The van der Waals surface area contributed by atoms with Gasteiger partial charge in [0.1, 0.15) is 0 Å². The SMILES string of the molecule is CCCCCCCCCCCCCCCC(=O)N[C@H](CCC(=O)[O-])C(=O)[O-].[K+].[K+]. The van der Waals surface area contributed by atoms with Gasteiger partial charge in [0.05, 0.1) is 12.0 Å². The summed E-state index contributed by atoms with van der Waals surface area (Å²) in [5.74, 6) is -3.17. The van der Waals surface area contributed by atoms with E-state index >= 15 is 0 Å². The molecular weight excluding hydrogens is 424 g/mol.